The summed E-state index contributed by atoms with van der Waals surface area (Å²) in [6, 6.07) is 14.9. The molecule has 0 radical (unpaired) electrons. The Morgan fingerprint density at radius 3 is 2.89 bits per heavy atom. The lowest BCUT2D eigenvalue weighted by atomic mass is 9.79. The standard InChI is InChI=1S/C29H31ClN2O4/c1-36-24-8-9-27-26(18-24)25(11-13-31-27)28(33)10-7-21-12-15-32(19-22(21)17-29(34)35)14-3-5-20-4-2-6-23(30)16-20/h2,4,6,8-9,11,13,16,18,21-22,28,33H,7,10,12,14-15,17,19H2,1H3,(H,34,35)/t21-,22+,28?/m1/s1. The summed E-state index contributed by atoms with van der Waals surface area (Å²) in [5.41, 5.74) is 2.50. The third kappa shape index (κ3) is 6.76. The summed E-state index contributed by atoms with van der Waals surface area (Å²) in [5, 5.41) is 22.1. The number of rotatable bonds is 8. The number of carboxylic acids is 1. The monoisotopic (exact) mass is 506 g/mol. The van der Waals surface area contributed by atoms with Crippen molar-refractivity contribution in [3.05, 3.63) is 70.9 Å². The summed E-state index contributed by atoms with van der Waals surface area (Å²) < 4.78 is 5.35. The molecule has 0 amide bonds. The van der Waals surface area contributed by atoms with Gasteiger partial charge < -0.3 is 14.9 Å². The van der Waals surface area contributed by atoms with Crippen LogP contribution in [0.5, 0.6) is 5.75 Å². The number of benzene rings is 2. The number of aromatic nitrogens is 1. The first-order valence-corrected chi connectivity index (χ1v) is 12.6. The molecule has 0 saturated carbocycles. The van der Waals surface area contributed by atoms with E-state index in [9.17, 15) is 15.0 Å². The van der Waals surface area contributed by atoms with E-state index >= 15 is 0 Å². The fraction of sp³-hybridized carbons (Fsp3) is 0.379. The Hall–Kier alpha value is -3.11. The Bertz CT molecular complexity index is 1270. The van der Waals surface area contributed by atoms with Crippen molar-refractivity contribution in [2.24, 2.45) is 11.8 Å². The van der Waals surface area contributed by atoms with Crippen LogP contribution in [0.2, 0.25) is 5.02 Å². The van der Waals surface area contributed by atoms with Crippen molar-refractivity contribution in [2.45, 2.75) is 31.8 Å². The lowest BCUT2D eigenvalue weighted by Crippen LogP contribution is -2.41. The van der Waals surface area contributed by atoms with E-state index in [1.165, 1.54) is 0 Å². The molecule has 0 spiro atoms. The topological polar surface area (TPSA) is 82.9 Å². The van der Waals surface area contributed by atoms with Crippen LogP contribution >= 0.6 is 11.6 Å². The van der Waals surface area contributed by atoms with Crippen LogP contribution in [0, 0.1) is 23.7 Å². The van der Waals surface area contributed by atoms with E-state index in [1.807, 2.05) is 48.5 Å². The fourth-order valence-corrected chi connectivity index (χ4v) is 5.24. The van der Waals surface area contributed by atoms with E-state index in [2.05, 4.69) is 21.7 Å². The number of hydrogen-bond acceptors (Lipinski definition) is 5. The number of nitrogens with zero attached hydrogens (tertiary/aromatic N) is 2. The molecule has 188 valence electrons. The van der Waals surface area contributed by atoms with Crippen molar-refractivity contribution in [2.75, 3.05) is 26.7 Å². The van der Waals surface area contributed by atoms with Crippen molar-refractivity contribution < 1.29 is 19.7 Å². The SMILES string of the molecule is COc1ccc2nccc(C(O)CC[C@@H]3CCN(CC#Cc4cccc(Cl)c4)C[C@@H]3CC(=O)O)c2c1. The van der Waals surface area contributed by atoms with Gasteiger partial charge in [0.1, 0.15) is 5.75 Å². The maximum Gasteiger partial charge on any atom is 0.303 e. The van der Waals surface area contributed by atoms with Gasteiger partial charge in [0, 0.05) is 35.1 Å². The lowest BCUT2D eigenvalue weighted by Gasteiger charge is -2.37. The molecule has 2 heterocycles. The molecule has 2 aromatic carbocycles. The molecule has 4 rings (SSSR count). The highest BCUT2D eigenvalue weighted by molar-refractivity contribution is 6.30. The molecule has 3 atom stereocenters. The number of aliphatic hydroxyl groups excluding tert-OH is 1. The van der Waals surface area contributed by atoms with Gasteiger partial charge in [0.05, 0.1) is 25.3 Å². The fourth-order valence-electron chi connectivity index (χ4n) is 5.05. The summed E-state index contributed by atoms with van der Waals surface area (Å²) in [4.78, 5) is 18.2. The first-order valence-electron chi connectivity index (χ1n) is 12.2. The van der Waals surface area contributed by atoms with Gasteiger partial charge in [-0.1, -0.05) is 29.5 Å². The van der Waals surface area contributed by atoms with Gasteiger partial charge in [0.15, 0.2) is 0 Å². The first-order chi connectivity index (χ1) is 17.4. The molecule has 1 aliphatic heterocycles. The molecule has 1 aromatic heterocycles. The molecular formula is C29H31ClN2O4. The molecule has 3 aromatic rings. The maximum absolute atomic E-state index is 11.6. The number of fused-ring (bicyclic) bond motifs is 1. The molecule has 1 unspecified atom stereocenters. The van der Waals surface area contributed by atoms with E-state index in [0.29, 0.717) is 24.5 Å². The van der Waals surface area contributed by atoms with Crippen LogP contribution in [-0.4, -0.2) is 52.8 Å². The van der Waals surface area contributed by atoms with Crippen LogP contribution in [0.15, 0.2) is 54.7 Å². The van der Waals surface area contributed by atoms with E-state index in [-0.39, 0.29) is 18.3 Å². The molecule has 0 bridgehead atoms. The van der Waals surface area contributed by atoms with Crippen LogP contribution in [0.3, 0.4) is 0 Å². The number of piperidine rings is 1. The van der Waals surface area contributed by atoms with Crippen molar-refractivity contribution in [1.29, 1.82) is 0 Å². The predicted molar refractivity (Wildman–Crippen MR) is 141 cm³/mol. The molecule has 0 aliphatic carbocycles. The average molecular weight is 507 g/mol. The predicted octanol–water partition coefficient (Wildman–Crippen LogP) is 5.17. The number of hydrogen-bond donors (Lipinski definition) is 2. The highest BCUT2D eigenvalue weighted by Crippen LogP contribution is 2.34. The molecule has 1 aliphatic rings. The van der Waals surface area contributed by atoms with Crippen LogP contribution in [0.25, 0.3) is 10.9 Å². The first kappa shape index (κ1) is 26.0. The Labute approximate surface area is 216 Å². The van der Waals surface area contributed by atoms with E-state index < -0.39 is 12.1 Å². The molecule has 36 heavy (non-hydrogen) atoms. The summed E-state index contributed by atoms with van der Waals surface area (Å²) in [6.45, 7) is 2.13. The number of aliphatic carboxylic acids is 1. The highest BCUT2D eigenvalue weighted by Gasteiger charge is 2.31. The van der Waals surface area contributed by atoms with Crippen LogP contribution in [0.4, 0.5) is 0 Å². The number of carboxylic acid groups (broad SMARTS) is 1. The molecular weight excluding hydrogens is 476 g/mol. The Morgan fingerprint density at radius 2 is 2.11 bits per heavy atom. The van der Waals surface area contributed by atoms with Crippen molar-refractivity contribution >= 4 is 28.5 Å². The Kier molecular flexibility index (Phi) is 8.82. The summed E-state index contributed by atoms with van der Waals surface area (Å²) in [7, 11) is 1.62. The number of methoxy groups -OCH3 is 1. The number of halogens is 1. The van der Waals surface area contributed by atoms with Gasteiger partial charge in [-0.05, 0) is 85.7 Å². The summed E-state index contributed by atoms with van der Waals surface area (Å²) in [6.07, 6.45) is 3.38. The smallest absolute Gasteiger partial charge is 0.303 e. The van der Waals surface area contributed by atoms with Crippen LogP contribution < -0.4 is 4.74 Å². The van der Waals surface area contributed by atoms with Gasteiger partial charge in [-0.3, -0.25) is 14.7 Å². The number of aliphatic hydroxyl groups is 1. The zero-order valence-electron chi connectivity index (χ0n) is 20.4. The Balaban J connectivity index is 1.39. The number of likely N-dealkylation sites (tertiary alicyclic amines) is 1. The minimum absolute atomic E-state index is 0.0192. The van der Waals surface area contributed by atoms with Gasteiger partial charge in [-0.15, -0.1) is 0 Å². The Morgan fingerprint density at radius 1 is 1.25 bits per heavy atom. The maximum atomic E-state index is 11.6. The second-order valence-electron chi connectivity index (χ2n) is 9.33. The minimum Gasteiger partial charge on any atom is -0.497 e. The van der Waals surface area contributed by atoms with Gasteiger partial charge in [-0.2, -0.15) is 0 Å². The van der Waals surface area contributed by atoms with Crippen LogP contribution in [0.1, 0.15) is 42.9 Å². The minimum atomic E-state index is -0.787. The second-order valence-corrected chi connectivity index (χ2v) is 9.77. The zero-order valence-corrected chi connectivity index (χ0v) is 21.1. The van der Waals surface area contributed by atoms with Crippen molar-refractivity contribution in [1.82, 2.24) is 9.88 Å². The number of ether oxygens (including phenoxy) is 1. The van der Waals surface area contributed by atoms with Gasteiger partial charge >= 0.3 is 5.97 Å². The van der Waals surface area contributed by atoms with Crippen LogP contribution in [-0.2, 0) is 4.79 Å². The summed E-state index contributed by atoms with van der Waals surface area (Å²) in [5.74, 6) is 6.52. The number of pyridine rings is 1. The quantitative estimate of drug-likeness (QED) is 0.410. The molecule has 2 N–H and O–H groups in total. The zero-order chi connectivity index (χ0) is 25.5. The van der Waals surface area contributed by atoms with Gasteiger partial charge in [-0.25, -0.2) is 0 Å². The molecule has 6 nitrogen and oxygen atoms in total. The number of carbonyl (C=O) groups is 1. The molecule has 1 saturated heterocycles. The lowest BCUT2D eigenvalue weighted by molar-refractivity contribution is -0.139. The summed E-state index contributed by atoms with van der Waals surface area (Å²) >= 11 is 6.03. The van der Waals surface area contributed by atoms with E-state index in [0.717, 1.165) is 47.2 Å². The van der Waals surface area contributed by atoms with E-state index in [1.54, 1.807) is 13.3 Å². The van der Waals surface area contributed by atoms with Crippen molar-refractivity contribution in [3.8, 4) is 17.6 Å². The van der Waals surface area contributed by atoms with Crippen molar-refractivity contribution in [3.63, 3.8) is 0 Å². The average Bonchev–Trinajstić information content (AvgIpc) is 2.87. The molecule has 1 fully saturated rings. The highest BCUT2D eigenvalue weighted by atomic mass is 35.5. The largest absolute Gasteiger partial charge is 0.497 e. The second kappa shape index (κ2) is 12.2. The molecule has 7 heteroatoms. The third-order valence-electron chi connectivity index (χ3n) is 6.92. The third-order valence-corrected chi connectivity index (χ3v) is 7.16. The van der Waals surface area contributed by atoms with Gasteiger partial charge in [0.2, 0.25) is 0 Å². The normalized spacial score (nSPS) is 18.9. The van der Waals surface area contributed by atoms with Gasteiger partial charge in [0.25, 0.3) is 0 Å². The van der Waals surface area contributed by atoms with E-state index in [4.69, 9.17) is 16.3 Å².